The number of rotatable bonds is 2. The van der Waals surface area contributed by atoms with E-state index in [1.807, 2.05) is 6.92 Å². The largest absolute Gasteiger partial charge is 0.102 e. The number of hydrogen-bond donors (Lipinski definition) is 0. The van der Waals surface area contributed by atoms with Gasteiger partial charge in [-0.3, -0.25) is 0 Å². The third-order valence-corrected chi connectivity index (χ3v) is 1.04. The van der Waals surface area contributed by atoms with Gasteiger partial charge in [-0.1, -0.05) is 41.1 Å². The Morgan fingerprint density at radius 1 is 1.56 bits per heavy atom. The lowest BCUT2D eigenvalue weighted by atomic mass is 10.4. The summed E-state index contributed by atoms with van der Waals surface area (Å²) in [5, 5.41) is 0.896. The van der Waals surface area contributed by atoms with Gasteiger partial charge in [-0.25, -0.2) is 0 Å². The van der Waals surface area contributed by atoms with Gasteiger partial charge < -0.3 is 0 Å². The second kappa shape index (κ2) is 15.7. The average molecular weight is 191 g/mol. The van der Waals surface area contributed by atoms with Gasteiger partial charge in [0.05, 0.1) is 0 Å². The van der Waals surface area contributed by atoms with Crippen molar-refractivity contribution in [3.63, 3.8) is 0 Å². The zero-order valence-electron chi connectivity index (χ0n) is 6.23. The Hall–Kier alpha value is -0.0400. The molecule has 0 nitrogen and oxygen atoms in total. The molecular weight excluding hydrogens is 176 g/mol. The third-order valence-electron chi connectivity index (χ3n) is 0.581. The molecule has 0 aliphatic heterocycles. The van der Waals surface area contributed by atoms with Crippen LogP contribution in [0.2, 0.25) is 0 Å². The first-order valence-electron chi connectivity index (χ1n) is 3.11. The summed E-state index contributed by atoms with van der Waals surface area (Å²) in [6.07, 6.45) is 7.14. The maximum atomic E-state index is 3.43. The lowest BCUT2D eigenvalue weighted by Gasteiger charge is -1.65. The quantitative estimate of drug-likeness (QED) is 0.462. The van der Waals surface area contributed by atoms with E-state index in [-0.39, 0.29) is 0 Å². The van der Waals surface area contributed by atoms with E-state index >= 15 is 0 Å². The molecule has 0 aliphatic carbocycles. The van der Waals surface area contributed by atoms with Crippen LogP contribution in [0, 0.1) is 0 Å². The van der Waals surface area contributed by atoms with Gasteiger partial charge in [-0.2, -0.15) is 0 Å². The molecule has 0 aromatic heterocycles. The Morgan fingerprint density at radius 3 is 2.00 bits per heavy atom. The Bertz CT molecular complexity index is 65.0. The Morgan fingerprint density at radius 2 is 2.00 bits per heavy atom. The van der Waals surface area contributed by atoms with Crippen molar-refractivity contribution in [2.24, 2.45) is 0 Å². The van der Waals surface area contributed by atoms with Crippen LogP contribution >= 0.6 is 15.9 Å². The summed E-state index contributed by atoms with van der Waals surface area (Å²) >= 11 is 3.13. The van der Waals surface area contributed by atoms with Crippen molar-refractivity contribution in [3.05, 3.63) is 24.8 Å². The fraction of sp³-hybridized carbons (Fsp3) is 0.500. The molecule has 0 N–H and O–H groups in total. The summed E-state index contributed by atoms with van der Waals surface area (Å²) in [7, 11) is 0. The molecule has 0 unspecified atom stereocenters. The first kappa shape index (κ1) is 11.7. The highest BCUT2D eigenvalue weighted by molar-refractivity contribution is 9.09. The van der Waals surface area contributed by atoms with Crippen LogP contribution in [-0.2, 0) is 0 Å². The second-order valence-electron chi connectivity index (χ2n) is 1.42. The van der Waals surface area contributed by atoms with Crippen LogP contribution in [0.1, 0.15) is 20.3 Å². The maximum absolute atomic E-state index is 3.43. The van der Waals surface area contributed by atoms with Crippen LogP contribution in [0.4, 0.5) is 0 Å². The molecule has 0 aromatic rings. The molecule has 0 amide bonds. The van der Waals surface area contributed by atoms with Crippen LogP contribution in [0.3, 0.4) is 0 Å². The summed E-state index contributed by atoms with van der Waals surface area (Å²) in [4.78, 5) is 0. The van der Waals surface area contributed by atoms with Crippen LogP contribution in [0.15, 0.2) is 24.8 Å². The van der Waals surface area contributed by atoms with Gasteiger partial charge in [0, 0.05) is 5.33 Å². The van der Waals surface area contributed by atoms with Crippen molar-refractivity contribution in [3.8, 4) is 0 Å². The average Bonchev–Trinajstić information content (AvgIpc) is 1.91. The lowest BCUT2D eigenvalue weighted by molar-refractivity contribution is 1.22. The molecule has 0 saturated carbocycles. The zero-order valence-corrected chi connectivity index (χ0v) is 7.82. The summed E-state index contributed by atoms with van der Waals surface area (Å²) in [6, 6.07) is 0. The first-order chi connectivity index (χ1) is 4.33. The van der Waals surface area contributed by atoms with Crippen molar-refractivity contribution >= 4 is 15.9 Å². The van der Waals surface area contributed by atoms with E-state index in [1.165, 1.54) is 0 Å². The van der Waals surface area contributed by atoms with Crippen molar-refractivity contribution in [2.45, 2.75) is 20.3 Å². The molecule has 0 saturated heterocycles. The predicted molar refractivity (Wildman–Crippen MR) is 49.1 cm³/mol. The standard InChI is InChI=1S/C5H10.C3H5Br/c1-3-5-4-2;1-2-3-4/h3,5H,4H2,1-2H3;2H,1,3H2/b5-3+;. The molecule has 0 spiro atoms. The Balaban J connectivity index is 0. The molecule has 0 aliphatic rings. The van der Waals surface area contributed by atoms with Gasteiger partial charge in [0.2, 0.25) is 0 Å². The first-order valence-corrected chi connectivity index (χ1v) is 4.23. The van der Waals surface area contributed by atoms with Crippen LogP contribution in [-0.4, -0.2) is 5.33 Å². The van der Waals surface area contributed by atoms with E-state index in [9.17, 15) is 0 Å². The zero-order chi connectivity index (χ0) is 7.54. The van der Waals surface area contributed by atoms with Crippen LogP contribution in [0.25, 0.3) is 0 Å². The lowest BCUT2D eigenvalue weighted by Crippen LogP contribution is -1.43. The SMILES string of the molecule is C/C=C/CC.C=CCBr. The Labute approximate surface area is 66.8 Å². The van der Waals surface area contributed by atoms with Gasteiger partial charge in [0.15, 0.2) is 0 Å². The van der Waals surface area contributed by atoms with Crippen LogP contribution < -0.4 is 0 Å². The smallest absolute Gasteiger partial charge is 0.0209 e. The number of hydrogen-bond acceptors (Lipinski definition) is 0. The minimum absolute atomic E-state index is 0.896. The highest BCUT2D eigenvalue weighted by atomic mass is 79.9. The maximum Gasteiger partial charge on any atom is 0.0209 e. The van der Waals surface area contributed by atoms with Gasteiger partial charge in [0.25, 0.3) is 0 Å². The van der Waals surface area contributed by atoms with Crippen molar-refractivity contribution in [1.29, 1.82) is 0 Å². The van der Waals surface area contributed by atoms with E-state index in [2.05, 4.69) is 41.6 Å². The van der Waals surface area contributed by atoms with Crippen LogP contribution in [0.5, 0.6) is 0 Å². The van der Waals surface area contributed by atoms with Crippen molar-refractivity contribution < 1.29 is 0 Å². The van der Waals surface area contributed by atoms with E-state index in [4.69, 9.17) is 0 Å². The van der Waals surface area contributed by atoms with Crippen molar-refractivity contribution in [1.82, 2.24) is 0 Å². The molecule has 0 fully saturated rings. The molecule has 0 bridgehead atoms. The second-order valence-corrected chi connectivity index (χ2v) is 2.07. The summed E-state index contributed by atoms with van der Waals surface area (Å²) in [5.41, 5.74) is 0. The number of alkyl halides is 1. The topological polar surface area (TPSA) is 0 Å². The minimum atomic E-state index is 0.896. The van der Waals surface area contributed by atoms with E-state index in [0.717, 1.165) is 11.8 Å². The normalized spacial score (nSPS) is 8.33. The van der Waals surface area contributed by atoms with E-state index < -0.39 is 0 Å². The number of allylic oxidation sites excluding steroid dienone is 3. The molecule has 0 radical (unpaired) electrons. The number of halogens is 1. The molecule has 0 heterocycles. The molecule has 9 heavy (non-hydrogen) atoms. The molecule has 1 heteroatoms. The van der Waals surface area contributed by atoms with E-state index in [1.54, 1.807) is 6.08 Å². The van der Waals surface area contributed by atoms with Gasteiger partial charge in [0.1, 0.15) is 0 Å². The van der Waals surface area contributed by atoms with Gasteiger partial charge >= 0.3 is 0 Å². The highest BCUT2D eigenvalue weighted by Crippen LogP contribution is 1.73. The molecule has 0 aromatic carbocycles. The van der Waals surface area contributed by atoms with Crippen molar-refractivity contribution in [2.75, 3.05) is 5.33 Å². The van der Waals surface area contributed by atoms with Gasteiger partial charge in [-0.15, -0.1) is 6.58 Å². The minimum Gasteiger partial charge on any atom is -0.102 e. The van der Waals surface area contributed by atoms with Gasteiger partial charge in [-0.05, 0) is 13.3 Å². The van der Waals surface area contributed by atoms with E-state index in [0.29, 0.717) is 0 Å². The summed E-state index contributed by atoms with van der Waals surface area (Å²) in [5.74, 6) is 0. The Kier molecular flexibility index (Phi) is 20.4. The fourth-order valence-electron chi connectivity index (χ4n) is 0.236. The summed E-state index contributed by atoms with van der Waals surface area (Å²) in [6.45, 7) is 7.59. The molecular formula is C8H15Br. The molecule has 0 atom stereocenters. The fourth-order valence-corrected chi connectivity index (χ4v) is 0.236. The summed E-state index contributed by atoms with van der Waals surface area (Å²) < 4.78 is 0. The highest BCUT2D eigenvalue weighted by Gasteiger charge is 1.52. The molecule has 54 valence electrons. The molecule has 0 rings (SSSR count). The monoisotopic (exact) mass is 190 g/mol. The third kappa shape index (κ3) is 32.3. The predicted octanol–water partition coefficient (Wildman–Crippen LogP) is 3.54.